The average molecular weight is 173 g/mol. The van der Waals surface area contributed by atoms with Gasteiger partial charge in [-0.2, -0.15) is 15.6 Å². The van der Waals surface area contributed by atoms with Crippen molar-refractivity contribution in [2.24, 2.45) is 7.05 Å². The summed E-state index contributed by atoms with van der Waals surface area (Å²) in [6, 6.07) is 5.22. The van der Waals surface area contributed by atoms with E-state index in [2.05, 4.69) is 10.4 Å². The Bertz CT molecular complexity index is 385. The Morgan fingerprint density at radius 3 is 2.77 bits per heavy atom. The molecule has 0 fully saturated rings. The first-order valence-corrected chi connectivity index (χ1v) is 3.53. The Morgan fingerprint density at radius 2 is 2.31 bits per heavy atom. The number of nitrogens with zero attached hydrogens (tertiary/aromatic N) is 4. The Morgan fingerprint density at radius 1 is 1.62 bits per heavy atom. The fraction of sp³-hybridized carbons (Fsp3) is 0.125. The van der Waals surface area contributed by atoms with Gasteiger partial charge in [0.15, 0.2) is 0 Å². The monoisotopic (exact) mass is 173 g/mol. The van der Waals surface area contributed by atoms with Crippen LogP contribution in [0.2, 0.25) is 0 Å². The van der Waals surface area contributed by atoms with Crippen molar-refractivity contribution in [3.8, 4) is 12.1 Å². The van der Waals surface area contributed by atoms with Gasteiger partial charge in [-0.1, -0.05) is 0 Å². The lowest BCUT2D eigenvalue weighted by Gasteiger charge is -1.98. The van der Waals surface area contributed by atoms with Gasteiger partial charge < -0.3 is 5.32 Å². The number of allylic oxidation sites excluding steroid dienone is 1. The van der Waals surface area contributed by atoms with E-state index in [9.17, 15) is 0 Å². The Kier molecular flexibility index (Phi) is 2.67. The van der Waals surface area contributed by atoms with Crippen molar-refractivity contribution < 1.29 is 0 Å². The molecule has 1 aromatic rings. The molecule has 0 saturated heterocycles. The predicted molar refractivity (Wildman–Crippen MR) is 46.1 cm³/mol. The fourth-order valence-electron chi connectivity index (χ4n) is 0.751. The van der Waals surface area contributed by atoms with E-state index in [1.54, 1.807) is 36.1 Å². The molecule has 0 saturated carbocycles. The second-order valence-corrected chi connectivity index (χ2v) is 2.27. The highest BCUT2D eigenvalue weighted by atomic mass is 15.3. The summed E-state index contributed by atoms with van der Waals surface area (Å²) < 4.78 is 1.60. The SMILES string of the molecule is Cn1nccc1NC=C(C#N)C#N. The number of hydrogen-bond donors (Lipinski definition) is 1. The number of nitriles is 2. The zero-order chi connectivity index (χ0) is 9.68. The van der Waals surface area contributed by atoms with Gasteiger partial charge in [-0.3, -0.25) is 4.68 Å². The van der Waals surface area contributed by atoms with Crippen LogP contribution in [-0.4, -0.2) is 9.78 Å². The number of hydrogen-bond acceptors (Lipinski definition) is 4. The highest BCUT2D eigenvalue weighted by Gasteiger charge is 1.95. The topological polar surface area (TPSA) is 77.4 Å². The van der Waals surface area contributed by atoms with Crippen molar-refractivity contribution >= 4 is 5.82 Å². The molecule has 5 heteroatoms. The molecule has 1 N–H and O–H groups in total. The minimum atomic E-state index is 0.0289. The zero-order valence-corrected chi connectivity index (χ0v) is 7.02. The maximum absolute atomic E-state index is 8.42. The molecule has 13 heavy (non-hydrogen) atoms. The Balaban J connectivity index is 2.74. The molecule has 1 aromatic heterocycles. The number of rotatable bonds is 2. The summed E-state index contributed by atoms with van der Waals surface area (Å²) >= 11 is 0. The van der Waals surface area contributed by atoms with E-state index in [4.69, 9.17) is 10.5 Å². The van der Waals surface area contributed by atoms with Crippen LogP contribution in [-0.2, 0) is 7.05 Å². The van der Waals surface area contributed by atoms with Crippen LogP contribution in [0.1, 0.15) is 0 Å². The smallest absolute Gasteiger partial charge is 0.145 e. The highest BCUT2D eigenvalue weighted by molar-refractivity contribution is 5.44. The first-order valence-electron chi connectivity index (χ1n) is 3.53. The van der Waals surface area contributed by atoms with Crippen LogP contribution in [0.3, 0.4) is 0 Å². The molecular weight excluding hydrogens is 166 g/mol. The van der Waals surface area contributed by atoms with Crippen LogP contribution >= 0.6 is 0 Å². The van der Waals surface area contributed by atoms with Crippen LogP contribution in [0.15, 0.2) is 24.0 Å². The van der Waals surface area contributed by atoms with Gasteiger partial charge in [0.25, 0.3) is 0 Å². The van der Waals surface area contributed by atoms with Crippen molar-refractivity contribution in [3.63, 3.8) is 0 Å². The number of aryl methyl sites for hydroxylation is 1. The van der Waals surface area contributed by atoms with E-state index >= 15 is 0 Å². The molecule has 5 nitrogen and oxygen atoms in total. The normalized spacial score (nSPS) is 8.23. The predicted octanol–water partition coefficient (Wildman–Crippen LogP) is 0.763. The summed E-state index contributed by atoms with van der Waals surface area (Å²) in [7, 11) is 1.76. The molecule has 0 aliphatic rings. The van der Waals surface area contributed by atoms with Crippen LogP contribution in [0, 0.1) is 22.7 Å². The largest absolute Gasteiger partial charge is 0.345 e. The molecule has 0 unspecified atom stereocenters. The second kappa shape index (κ2) is 3.93. The van der Waals surface area contributed by atoms with Crippen molar-refractivity contribution in [2.45, 2.75) is 0 Å². The zero-order valence-electron chi connectivity index (χ0n) is 7.02. The van der Waals surface area contributed by atoms with Gasteiger partial charge >= 0.3 is 0 Å². The quantitative estimate of drug-likeness (QED) is 0.670. The fourth-order valence-corrected chi connectivity index (χ4v) is 0.751. The molecule has 1 rings (SSSR count). The van der Waals surface area contributed by atoms with Crippen LogP contribution in [0.25, 0.3) is 0 Å². The lowest BCUT2D eigenvalue weighted by Crippen LogP contribution is -1.98. The summed E-state index contributed by atoms with van der Waals surface area (Å²) in [6.45, 7) is 0. The molecule has 0 aliphatic carbocycles. The van der Waals surface area contributed by atoms with E-state index in [0.717, 1.165) is 5.82 Å². The molecule has 0 atom stereocenters. The first kappa shape index (κ1) is 8.82. The van der Waals surface area contributed by atoms with Crippen molar-refractivity contribution in [1.82, 2.24) is 9.78 Å². The standard InChI is InChI=1S/C8H7N5/c1-13-8(2-3-12-13)11-6-7(4-9)5-10/h2-3,6,11H,1H3. The van der Waals surface area contributed by atoms with Crippen LogP contribution in [0.4, 0.5) is 5.82 Å². The third-order valence-corrected chi connectivity index (χ3v) is 1.43. The van der Waals surface area contributed by atoms with Crippen molar-refractivity contribution in [3.05, 3.63) is 24.0 Å². The number of anilines is 1. The molecular formula is C8H7N5. The molecule has 0 radical (unpaired) electrons. The minimum absolute atomic E-state index is 0.0289. The van der Waals surface area contributed by atoms with Gasteiger partial charge in [0.2, 0.25) is 0 Å². The van der Waals surface area contributed by atoms with Crippen molar-refractivity contribution in [1.29, 1.82) is 10.5 Å². The van der Waals surface area contributed by atoms with Crippen LogP contribution < -0.4 is 5.32 Å². The molecule has 0 aromatic carbocycles. The van der Waals surface area contributed by atoms with E-state index in [1.807, 2.05) is 0 Å². The first-order chi connectivity index (χ1) is 6.27. The van der Waals surface area contributed by atoms with Crippen LogP contribution in [0.5, 0.6) is 0 Å². The summed E-state index contributed by atoms with van der Waals surface area (Å²) in [5.74, 6) is 0.725. The summed E-state index contributed by atoms with van der Waals surface area (Å²) in [5, 5.41) is 23.5. The molecule has 64 valence electrons. The molecule has 0 bridgehead atoms. The van der Waals surface area contributed by atoms with E-state index in [1.165, 1.54) is 6.20 Å². The third-order valence-electron chi connectivity index (χ3n) is 1.43. The maximum Gasteiger partial charge on any atom is 0.145 e. The van der Waals surface area contributed by atoms with Gasteiger partial charge in [0.05, 0.1) is 6.20 Å². The summed E-state index contributed by atoms with van der Waals surface area (Å²) in [4.78, 5) is 0. The highest BCUT2D eigenvalue weighted by Crippen LogP contribution is 2.03. The molecule has 1 heterocycles. The molecule has 0 spiro atoms. The lowest BCUT2D eigenvalue weighted by molar-refractivity contribution is 0.776. The van der Waals surface area contributed by atoms with E-state index in [0.29, 0.717) is 0 Å². The second-order valence-electron chi connectivity index (χ2n) is 2.27. The number of nitrogens with one attached hydrogen (secondary N) is 1. The molecule has 0 aliphatic heterocycles. The van der Waals surface area contributed by atoms with Gasteiger partial charge in [0, 0.05) is 19.3 Å². The molecule has 0 amide bonds. The van der Waals surface area contributed by atoms with E-state index in [-0.39, 0.29) is 5.57 Å². The van der Waals surface area contributed by atoms with E-state index < -0.39 is 0 Å². The van der Waals surface area contributed by atoms with Gasteiger partial charge in [-0.05, 0) is 0 Å². The Labute approximate surface area is 75.5 Å². The van der Waals surface area contributed by atoms with Crippen molar-refractivity contribution in [2.75, 3.05) is 5.32 Å². The Hall–Kier alpha value is -2.27. The minimum Gasteiger partial charge on any atom is -0.345 e. The third kappa shape index (κ3) is 2.08. The lowest BCUT2D eigenvalue weighted by atomic mass is 10.3. The van der Waals surface area contributed by atoms with Gasteiger partial charge in [-0.15, -0.1) is 0 Å². The summed E-state index contributed by atoms with van der Waals surface area (Å²) in [5.41, 5.74) is 0.0289. The number of aromatic nitrogens is 2. The maximum atomic E-state index is 8.42. The average Bonchev–Trinajstić information content (AvgIpc) is 2.54. The summed E-state index contributed by atoms with van der Waals surface area (Å²) in [6.07, 6.45) is 2.96. The van der Waals surface area contributed by atoms with Gasteiger partial charge in [-0.25, -0.2) is 0 Å². The van der Waals surface area contributed by atoms with Gasteiger partial charge in [0.1, 0.15) is 23.5 Å².